The van der Waals surface area contributed by atoms with Crippen LogP contribution >= 0.6 is 0 Å². The highest BCUT2D eigenvalue weighted by Crippen LogP contribution is 2.15. The molecule has 0 aliphatic carbocycles. The van der Waals surface area contributed by atoms with E-state index in [-0.39, 0.29) is 12.0 Å². The summed E-state index contributed by atoms with van der Waals surface area (Å²) in [6.07, 6.45) is 2.33. The SMILES string of the molecule is CCOC(=O)C(C)N(C)CC1CCCOC1. The molecule has 0 N–H and O–H groups in total. The van der Waals surface area contributed by atoms with Gasteiger partial charge in [-0.1, -0.05) is 0 Å². The van der Waals surface area contributed by atoms with Crippen molar-refractivity contribution in [2.75, 3.05) is 33.4 Å². The van der Waals surface area contributed by atoms with Gasteiger partial charge in [0.1, 0.15) is 6.04 Å². The standard InChI is InChI=1S/C12H23NO3/c1-4-16-12(14)10(2)13(3)8-11-6-5-7-15-9-11/h10-11H,4-9H2,1-3H3. The van der Waals surface area contributed by atoms with Gasteiger partial charge in [0.2, 0.25) is 0 Å². The highest BCUT2D eigenvalue weighted by Gasteiger charge is 2.23. The van der Waals surface area contributed by atoms with E-state index in [9.17, 15) is 4.79 Å². The van der Waals surface area contributed by atoms with Crippen molar-refractivity contribution in [3.05, 3.63) is 0 Å². The summed E-state index contributed by atoms with van der Waals surface area (Å²) in [4.78, 5) is 13.6. The van der Waals surface area contributed by atoms with Gasteiger partial charge in [0.05, 0.1) is 13.2 Å². The van der Waals surface area contributed by atoms with E-state index in [1.54, 1.807) is 0 Å². The Balaban J connectivity index is 2.32. The van der Waals surface area contributed by atoms with Crippen LogP contribution in [0.25, 0.3) is 0 Å². The summed E-state index contributed by atoms with van der Waals surface area (Å²) >= 11 is 0. The molecular formula is C12H23NO3. The molecule has 1 aliphatic rings. The first-order chi connectivity index (χ1) is 7.65. The van der Waals surface area contributed by atoms with Crippen molar-refractivity contribution in [1.29, 1.82) is 0 Å². The third-order valence-corrected chi connectivity index (χ3v) is 3.09. The van der Waals surface area contributed by atoms with Crippen molar-refractivity contribution >= 4 is 5.97 Å². The summed E-state index contributed by atoms with van der Waals surface area (Å²) in [5.74, 6) is 0.414. The molecular weight excluding hydrogens is 206 g/mol. The van der Waals surface area contributed by atoms with Gasteiger partial charge in [-0.15, -0.1) is 0 Å². The first kappa shape index (κ1) is 13.5. The maximum Gasteiger partial charge on any atom is 0.323 e. The molecule has 0 saturated carbocycles. The molecule has 1 aliphatic heterocycles. The lowest BCUT2D eigenvalue weighted by Crippen LogP contribution is -2.41. The van der Waals surface area contributed by atoms with Crippen molar-refractivity contribution in [1.82, 2.24) is 4.90 Å². The minimum absolute atomic E-state index is 0.137. The molecule has 2 unspecified atom stereocenters. The van der Waals surface area contributed by atoms with Crippen LogP contribution in [-0.4, -0.2) is 50.3 Å². The molecule has 0 aromatic rings. The van der Waals surface area contributed by atoms with E-state index in [0.717, 1.165) is 26.2 Å². The molecule has 0 bridgehead atoms. The van der Waals surface area contributed by atoms with Gasteiger partial charge in [0.15, 0.2) is 0 Å². The minimum Gasteiger partial charge on any atom is -0.465 e. The number of ether oxygens (including phenoxy) is 2. The van der Waals surface area contributed by atoms with Crippen molar-refractivity contribution in [2.45, 2.75) is 32.7 Å². The lowest BCUT2D eigenvalue weighted by Gasteiger charge is -2.29. The number of rotatable bonds is 5. The van der Waals surface area contributed by atoms with Crippen LogP contribution in [-0.2, 0) is 14.3 Å². The van der Waals surface area contributed by atoms with E-state index in [4.69, 9.17) is 9.47 Å². The zero-order valence-electron chi connectivity index (χ0n) is 10.6. The lowest BCUT2D eigenvalue weighted by atomic mass is 10.0. The molecule has 1 rings (SSSR count). The number of likely N-dealkylation sites (N-methyl/N-ethyl adjacent to an activating group) is 1. The fourth-order valence-electron chi connectivity index (χ4n) is 1.96. The van der Waals surface area contributed by atoms with Crippen LogP contribution in [0.1, 0.15) is 26.7 Å². The van der Waals surface area contributed by atoms with Gasteiger partial charge in [0, 0.05) is 13.2 Å². The molecule has 2 atom stereocenters. The van der Waals surface area contributed by atoms with E-state index >= 15 is 0 Å². The smallest absolute Gasteiger partial charge is 0.323 e. The Morgan fingerprint density at radius 3 is 2.94 bits per heavy atom. The molecule has 1 fully saturated rings. The fourth-order valence-corrected chi connectivity index (χ4v) is 1.96. The van der Waals surface area contributed by atoms with Crippen molar-refractivity contribution in [3.63, 3.8) is 0 Å². The zero-order valence-corrected chi connectivity index (χ0v) is 10.6. The van der Waals surface area contributed by atoms with Gasteiger partial charge >= 0.3 is 5.97 Å². The number of hydrogen-bond donors (Lipinski definition) is 0. The molecule has 1 heterocycles. The average molecular weight is 229 g/mol. The summed E-state index contributed by atoms with van der Waals surface area (Å²) in [6.45, 7) is 6.78. The topological polar surface area (TPSA) is 38.8 Å². The molecule has 0 aromatic carbocycles. The Morgan fingerprint density at radius 1 is 1.62 bits per heavy atom. The van der Waals surface area contributed by atoms with Gasteiger partial charge in [-0.25, -0.2) is 0 Å². The molecule has 1 saturated heterocycles. The fraction of sp³-hybridized carbons (Fsp3) is 0.917. The summed E-state index contributed by atoms with van der Waals surface area (Å²) < 4.78 is 10.4. The van der Waals surface area contributed by atoms with Crippen LogP contribution in [0, 0.1) is 5.92 Å². The second-order valence-corrected chi connectivity index (χ2v) is 4.45. The normalized spacial score (nSPS) is 23.1. The first-order valence-electron chi connectivity index (χ1n) is 6.09. The second-order valence-electron chi connectivity index (χ2n) is 4.45. The van der Waals surface area contributed by atoms with Crippen LogP contribution in [0.15, 0.2) is 0 Å². The quantitative estimate of drug-likeness (QED) is 0.666. The third kappa shape index (κ3) is 4.10. The average Bonchev–Trinajstić information content (AvgIpc) is 2.29. The molecule has 0 amide bonds. The van der Waals surface area contributed by atoms with Crippen LogP contribution in [0.5, 0.6) is 0 Å². The Kier molecular flexibility index (Phi) is 5.77. The third-order valence-electron chi connectivity index (χ3n) is 3.09. The molecule has 4 heteroatoms. The van der Waals surface area contributed by atoms with Gasteiger partial charge in [-0.05, 0) is 39.7 Å². The number of carbonyl (C=O) groups is 1. The molecule has 0 radical (unpaired) electrons. The van der Waals surface area contributed by atoms with E-state index in [1.807, 2.05) is 20.9 Å². The maximum atomic E-state index is 11.5. The van der Waals surface area contributed by atoms with Crippen LogP contribution in [0.2, 0.25) is 0 Å². The van der Waals surface area contributed by atoms with Gasteiger partial charge in [-0.3, -0.25) is 9.69 Å². The maximum absolute atomic E-state index is 11.5. The minimum atomic E-state index is -0.165. The Labute approximate surface area is 97.9 Å². The number of nitrogens with zero attached hydrogens (tertiary/aromatic N) is 1. The molecule has 94 valence electrons. The lowest BCUT2D eigenvalue weighted by molar-refractivity contribution is -0.148. The summed E-state index contributed by atoms with van der Waals surface area (Å²) in [5, 5.41) is 0. The van der Waals surface area contributed by atoms with Crippen LogP contribution in [0.4, 0.5) is 0 Å². The van der Waals surface area contributed by atoms with Gasteiger partial charge < -0.3 is 9.47 Å². The van der Waals surface area contributed by atoms with E-state index < -0.39 is 0 Å². The Hall–Kier alpha value is -0.610. The van der Waals surface area contributed by atoms with Crippen molar-refractivity contribution in [3.8, 4) is 0 Å². The summed E-state index contributed by atoms with van der Waals surface area (Å²) in [5.41, 5.74) is 0. The Bertz CT molecular complexity index is 214. The molecule has 0 aromatic heterocycles. The number of hydrogen-bond acceptors (Lipinski definition) is 4. The van der Waals surface area contributed by atoms with Crippen molar-refractivity contribution in [2.24, 2.45) is 5.92 Å². The summed E-state index contributed by atoms with van der Waals surface area (Å²) in [6, 6.07) is -0.165. The second kappa shape index (κ2) is 6.86. The highest BCUT2D eigenvalue weighted by molar-refractivity contribution is 5.75. The highest BCUT2D eigenvalue weighted by atomic mass is 16.5. The van der Waals surface area contributed by atoms with Crippen LogP contribution in [0.3, 0.4) is 0 Å². The largest absolute Gasteiger partial charge is 0.465 e. The Morgan fingerprint density at radius 2 is 2.38 bits per heavy atom. The molecule has 16 heavy (non-hydrogen) atoms. The van der Waals surface area contributed by atoms with E-state index in [1.165, 1.54) is 6.42 Å². The monoisotopic (exact) mass is 229 g/mol. The number of esters is 1. The van der Waals surface area contributed by atoms with Gasteiger partial charge in [0.25, 0.3) is 0 Å². The molecule has 4 nitrogen and oxygen atoms in total. The van der Waals surface area contributed by atoms with Crippen LogP contribution < -0.4 is 0 Å². The van der Waals surface area contributed by atoms with E-state index in [2.05, 4.69) is 4.90 Å². The predicted octanol–water partition coefficient (Wildman–Crippen LogP) is 1.30. The zero-order chi connectivity index (χ0) is 12.0. The predicted molar refractivity (Wildman–Crippen MR) is 62.3 cm³/mol. The number of carbonyl (C=O) groups excluding carboxylic acids is 1. The summed E-state index contributed by atoms with van der Waals surface area (Å²) in [7, 11) is 1.97. The molecule has 0 spiro atoms. The van der Waals surface area contributed by atoms with E-state index in [0.29, 0.717) is 12.5 Å². The van der Waals surface area contributed by atoms with Gasteiger partial charge in [-0.2, -0.15) is 0 Å². The first-order valence-corrected chi connectivity index (χ1v) is 6.09. The van der Waals surface area contributed by atoms with Crippen molar-refractivity contribution < 1.29 is 14.3 Å².